The number of pyridine rings is 1. The first-order valence-electron chi connectivity index (χ1n) is 5.21. The van der Waals surface area contributed by atoms with Crippen LogP contribution in [0.15, 0.2) is 18.3 Å². The smallest absolute Gasteiger partial charge is 0.128 e. The first-order valence-corrected chi connectivity index (χ1v) is 5.21. The molecule has 0 aliphatic carbocycles. The molecule has 4 N–H and O–H groups in total. The fourth-order valence-corrected chi connectivity index (χ4v) is 1.51. The molecule has 3 heteroatoms. The Morgan fingerprint density at radius 3 is 2.86 bits per heavy atom. The monoisotopic (exact) mass is 193 g/mol. The topological polar surface area (TPSA) is 64.9 Å². The lowest BCUT2D eigenvalue weighted by Gasteiger charge is -2.12. The van der Waals surface area contributed by atoms with Crippen LogP contribution in [-0.4, -0.2) is 4.98 Å². The zero-order valence-electron chi connectivity index (χ0n) is 8.74. The van der Waals surface area contributed by atoms with Crippen LogP contribution >= 0.6 is 0 Å². The summed E-state index contributed by atoms with van der Waals surface area (Å²) in [5.74, 6) is 0.566. The largest absolute Gasteiger partial charge is 0.383 e. The van der Waals surface area contributed by atoms with Crippen molar-refractivity contribution >= 4 is 5.82 Å². The van der Waals surface area contributed by atoms with Gasteiger partial charge in [0.05, 0.1) is 0 Å². The Morgan fingerprint density at radius 2 is 2.21 bits per heavy atom. The van der Waals surface area contributed by atoms with E-state index in [9.17, 15) is 0 Å². The highest BCUT2D eigenvalue weighted by atomic mass is 14.8. The molecule has 1 rings (SSSR count). The number of nitrogen functional groups attached to an aromatic ring is 1. The molecule has 0 unspecified atom stereocenters. The minimum atomic E-state index is 0.0373. The maximum absolute atomic E-state index is 6.02. The Bertz CT molecular complexity index is 273. The van der Waals surface area contributed by atoms with E-state index in [-0.39, 0.29) is 6.04 Å². The summed E-state index contributed by atoms with van der Waals surface area (Å²) in [5, 5.41) is 0. The Labute approximate surface area is 85.5 Å². The van der Waals surface area contributed by atoms with Crippen LogP contribution in [0.3, 0.4) is 0 Å². The average molecular weight is 193 g/mol. The summed E-state index contributed by atoms with van der Waals surface area (Å²) in [6.45, 7) is 2.18. The standard InChI is InChI=1S/C11H19N3/c1-2-3-4-7-10(12)9-6-5-8-14-11(9)13/h5-6,8,10H,2-4,7,12H2,1H3,(H2,13,14)/t10-/m0/s1. The highest BCUT2D eigenvalue weighted by molar-refractivity contribution is 5.40. The third kappa shape index (κ3) is 3.00. The maximum Gasteiger partial charge on any atom is 0.128 e. The van der Waals surface area contributed by atoms with E-state index in [0.29, 0.717) is 5.82 Å². The van der Waals surface area contributed by atoms with Crippen LogP contribution in [-0.2, 0) is 0 Å². The molecule has 0 aliphatic rings. The summed E-state index contributed by atoms with van der Waals surface area (Å²) in [4.78, 5) is 4.03. The number of aromatic nitrogens is 1. The molecule has 1 aromatic rings. The summed E-state index contributed by atoms with van der Waals surface area (Å²) in [6, 6.07) is 3.87. The van der Waals surface area contributed by atoms with E-state index in [1.165, 1.54) is 12.8 Å². The Kier molecular flexibility index (Phi) is 4.40. The second kappa shape index (κ2) is 5.60. The van der Waals surface area contributed by atoms with E-state index in [2.05, 4.69) is 11.9 Å². The van der Waals surface area contributed by atoms with Crippen molar-refractivity contribution < 1.29 is 0 Å². The minimum absolute atomic E-state index is 0.0373. The van der Waals surface area contributed by atoms with Gasteiger partial charge in [0.25, 0.3) is 0 Å². The van der Waals surface area contributed by atoms with Gasteiger partial charge < -0.3 is 11.5 Å². The molecular weight excluding hydrogens is 174 g/mol. The van der Waals surface area contributed by atoms with E-state index < -0.39 is 0 Å². The number of unbranched alkanes of at least 4 members (excludes halogenated alkanes) is 2. The molecule has 1 atom stereocenters. The van der Waals surface area contributed by atoms with Crippen molar-refractivity contribution in [3.63, 3.8) is 0 Å². The third-order valence-corrected chi connectivity index (χ3v) is 2.39. The molecule has 0 spiro atoms. The molecule has 0 bridgehead atoms. The SMILES string of the molecule is CCCCC[C@H](N)c1cccnc1N. The van der Waals surface area contributed by atoms with Crippen molar-refractivity contribution in [2.24, 2.45) is 5.73 Å². The van der Waals surface area contributed by atoms with Crippen LogP contribution < -0.4 is 11.5 Å². The first kappa shape index (κ1) is 11.0. The number of hydrogen-bond acceptors (Lipinski definition) is 3. The summed E-state index contributed by atoms with van der Waals surface area (Å²) < 4.78 is 0. The molecule has 78 valence electrons. The fraction of sp³-hybridized carbons (Fsp3) is 0.545. The molecule has 14 heavy (non-hydrogen) atoms. The number of anilines is 1. The molecule has 0 aromatic carbocycles. The van der Waals surface area contributed by atoms with Gasteiger partial charge in [-0.2, -0.15) is 0 Å². The van der Waals surface area contributed by atoms with Gasteiger partial charge in [0.15, 0.2) is 0 Å². The Balaban J connectivity index is 2.51. The van der Waals surface area contributed by atoms with Gasteiger partial charge in [-0.05, 0) is 12.5 Å². The van der Waals surface area contributed by atoms with Gasteiger partial charge in [0.2, 0.25) is 0 Å². The summed E-state index contributed by atoms with van der Waals surface area (Å²) in [5.41, 5.74) is 12.7. The maximum atomic E-state index is 6.02. The summed E-state index contributed by atoms with van der Waals surface area (Å²) >= 11 is 0. The number of rotatable bonds is 5. The number of nitrogens with two attached hydrogens (primary N) is 2. The Hall–Kier alpha value is -1.09. The van der Waals surface area contributed by atoms with E-state index in [1.54, 1.807) is 6.20 Å². The zero-order valence-corrected chi connectivity index (χ0v) is 8.74. The van der Waals surface area contributed by atoms with Crippen LogP contribution in [0.4, 0.5) is 5.82 Å². The highest BCUT2D eigenvalue weighted by Gasteiger charge is 2.08. The van der Waals surface area contributed by atoms with Crippen molar-refractivity contribution in [3.05, 3.63) is 23.9 Å². The highest BCUT2D eigenvalue weighted by Crippen LogP contribution is 2.20. The van der Waals surface area contributed by atoms with Gasteiger partial charge in [0.1, 0.15) is 5.82 Å². The van der Waals surface area contributed by atoms with Crippen LogP contribution in [0.2, 0.25) is 0 Å². The van der Waals surface area contributed by atoms with E-state index in [0.717, 1.165) is 18.4 Å². The average Bonchev–Trinajstić information content (AvgIpc) is 2.18. The van der Waals surface area contributed by atoms with Crippen molar-refractivity contribution in [2.45, 2.75) is 38.6 Å². The van der Waals surface area contributed by atoms with Gasteiger partial charge in [-0.3, -0.25) is 0 Å². The third-order valence-electron chi connectivity index (χ3n) is 2.39. The van der Waals surface area contributed by atoms with Gasteiger partial charge in [-0.15, -0.1) is 0 Å². The lowest BCUT2D eigenvalue weighted by atomic mass is 10.0. The van der Waals surface area contributed by atoms with E-state index >= 15 is 0 Å². The molecule has 1 aromatic heterocycles. The molecule has 0 radical (unpaired) electrons. The lowest BCUT2D eigenvalue weighted by Crippen LogP contribution is -2.13. The van der Waals surface area contributed by atoms with E-state index in [4.69, 9.17) is 11.5 Å². The predicted molar refractivity (Wildman–Crippen MR) is 59.7 cm³/mol. The van der Waals surface area contributed by atoms with Crippen molar-refractivity contribution in [1.29, 1.82) is 0 Å². The summed E-state index contributed by atoms with van der Waals surface area (Å²) in [7, 11) is 0. The van der Waals surface area contributed by atoms with Crippen LogP contribution in [0.5, 0.6) is 0 Å². The first-order chi connectivity index (χ1) is 6.75. The molecule has 0 aliphatic heterocycles. The summed E-state index contributed by atoms with van der Waals surface area (Å²) in [6.07, 6.45) is 6.29. The van der Waals surface area contributed by atoms with Gasteiger partial charge >= 0.3 is 0 Å². The van der Waals surface area contributed by atoms with Crippen LogP contribution in [0, 0.1) is 0 Å². The molecule has 0 fully saturated rings. The quantitative estimate of drug-likeness (QED) is 0.705. The van der Waals surface area contributed by atoms with Crippen LogP contribution in [0.1, 0.15) is 44.2 Å². The van der Waals surface area contributed by atoms with Crippen molar-refractivity contribution in [3.8, 4) is 0 Å². The molecule has 0 saturated carbocycles. The van der Waals surface area contributed by atoms with Gasteiger partial charge in [-0.1, -0.05) is 32.3 Å². The van der Waals surface area contributed by atoms with Gasteiger partial charge in [0, 0.05) is 17.8 Å². The fourth-order valence-electron chi connectivity index (χ4n) is 1.51. The van der Waals surface area contributed by atoms with E-state index in [1.807, 2.05) is 12.1 Å². The number of nitrogens with zero attached hydrogens (tertiary/aromatic N) is 1. The normalized spacial score (nSPS) is 12.7. The second-order valence-corrected chi connectivity index (χ2v) is 3.58. The molecule has 1 heterocycles. The van der Waals surface area contributed by atoms with Crippen molar-refractivity contribution in [2.75, 3.05) is 5.73 Å². The van der Waals surface area contributed by atoms with Crippen molar-refractivity contribution in [1.82, 2.24) is 4.98 Å². The minimum Gasteiger partial charge on any atom is -0.383 e. The van der Waals surface area contributed by atoms with Gasteiger partial charge in [-0.25, -0.2) is 4.98 Å². The number of hydrogen-bond donors (Lipinski definition) is 2. The molecular formula is C11H19N3. The molecule has 0 saturated heterocycles. The lowest BCUT2D eigenvalue weighted by molar-refractivity contribution is 0.581. The second-order valence-electron chi connectivity index (χ2n) is 3.58. The Morgan fingerprint density at radius 1 is 1.43 bits per heavy atom. The zero-order chi connectivity index (χ0) is 10.4. The molecule has 3 nitrogen and oxygen atoms in total. The molecule has 0 amide bonds. The predicted octanol–water partition coefficient (Wildman–Crippen LogP) is 2.24. The van der Waals surface area contributed by atoms with Crippen LogP contribution in [0.25, 0.3) is 0 Å².